The lowest BCUT2D eigenvalue weighted by molar-refractivity contribution is 0.581. The van der Waals surface area contributed by atoms with Crippen molar-refractivity contribution in [3.8, 4) is 6.07 Å². The zero-order valence-corrected chi connectivity index (χ0v) is 11.9. The van der Waals surface area contributed by atoms with Crippen LogP contribution in [0.3, 0.4) is 0 Å². The lowest BCUT2D eigenvalue weighted by Gasteiger charge is -2.08. The molecule has 0 fully saturated rings. The number of nitriles is 1. The monoisotopic (exact) mass is 310 g/mol. The third kappa shape index (κ3) is 3.36. The van der Waals surface area contributed by atoms with Gasteiger partial charge in [0.25, 0.3) is 0 Å². The van der Waals surface area contributed by atoms with Crippen molar-refractivity contribution in [2.45, 2.75) is 11.3 Å². The van der Waals surface area contributed by atoms with E-state index in [0.29, 0.717) is 12.0 Å². The van der Waals surface area contributed by atoms with Gasteiger partial charge in [0.2, 0.25) is 10.0 Å². The van der Waals surface area contributed by atoms with Crippen LogP contribution in [0, 0.1) is 11.3 Å². The first-order valence-electron chi connectivity index (χ1n) is 5.69. The fourth-order valence-corrected chi connectivity index (χ4v) is 3.18. The molecule has 104 valence electrons. The van der Waals surface area contributed by atoms with Crippen molar-refractivity contribution in [1.29, 1.82) is 5.26 Å². The first kappa shape index (κ1) is 14.5. The number of imidazole rings is 1. The van der Waals surface area contributed by atoms with E-state index < -0.39 is 10.0 Å². The summed E-state index contributed by atoms with van der Waals surface area (Å²) in [7, 11) is -3.69. The van der Waals surface area contributed by atoms with Crippen molar-refractivity contribution >= 4 is 21.6 Å². The van der Waals surface area contributed by atoms with Crippen molar-refractivity contribution < 1.29 is 8.42 Å². The number of halogens is 1. The van der Waals surface area contributed by atoms with Gasteiger partial charge in [0.05, 0.1) is 23.0 Å². The Balaban J connectivity index is 2.08. The average molecular weight is 311 g/mol. The van der Waals surface area contributed by atoms with Crippen molar-refractivity contribution in [1.82, 2.24) is 14.7 Å². The second kappa shape index (κ2) is 6.05. The summed E-state index contributed by atoms with van der Waals surface area (Å²) in [4.78, 5) is 6.69. The van der Waals surface area contributed by atoms with Gasteiger partial charge < -0.3 is 4.98 Å². The predicted molar refractivity (Wildman–Crippen MR) is 73.6 cm³/mol. The molecule has 1 heterocycles. The Morgan fingerprint density at radius 3 is 2.85 bits per heavy atom. The van der Waals surface area contributed by atoms with Gasteiger partial charge in [0.15, 0.2) is 0 Å². The van der Waals surface area contributed by atoms with Gasteiger partial charge in [-0.05, 0) is 18.2 Å². The minimum atomic E-state index is -3.69. The summed E-state index contributed by atoms with van der Waals surface area (Å²) in [6, 6.07) is 5.95. The van der Waals surface area contributed by atoms with Gasteiger partial charge in [-0.3, -0.25) is 0 Å². The number of rotatable bonds is 5. The standard InChI is InChI=1S/C12H11ClN4O2S/c13-11-5-9(6-14)1-2-12(11)20(18,19)17-4-3-10-7-15-8-16-10/h1-2,5,7-8,17H,3-4H2,(H,15,16). The zero-order chi connectivity index (χ0) is 14.6. The van der Waals surface area contributed by atoms with Gasteiger partial charge >= 0.3 is 0 Å². The summed E-state index contributed by atoms with van der Waals surface area (Å²) in [6.07, 6.45) is 3.65. The number of hydrogen-bond acceptors (Lipinski definition) is 4. The fraction of sp³-hybridized carbons (Fsp3) is 0.167. The van der Waals surface area contributed by atoms with Crippen LogP contribution in [-0.2, 0) is 16.4 Å². The highest BCUT2D eigenvalue weighted by molar-refractivity contribution is 7.89. The Hall–Kier alpha value is -1.88. The van der Waals surface area contributed by atoms with Crippen LogP contribution < -0.4 is 4.72 Å². The van der Waals surface area contributed by atoms with Gasteiger partial charge in [-0.15, -0.1) is 0 Å². The Labute approximate surface area is 121 Å². The van der Waals surface area contributed by atoms with Crippen LogP contribution >= 0.6 is 11.6 Å². The summed E-state index contributed by atoms with van der Waals surface area (Å²) in [5.74, 6) is 0. The zero-order valence-electron chi connectivity index (χ0n) is 10.3. The molecule has 2 aromatic rings. The fourth-order valence-electron chi connectivity index (χ4n) is 1.61. The van der Waals surface area contributed by atoms with Gasteiger partial charge in [-0.25, -0.2) is 18.1 Å². The van der Waals surface area contributed by atoms with E-state index in [9.17, 15) is 8.42 Å². The van der Waals surface area contributed by atoms with E-state index in [-0.39, 0.29) is 16.5 Å². The SMILES string of the molecule is N#Cc1ccc(S(=O)(=O)NCCc2cnc[nH]2)c(Cl)c1. The number of aromatic nitrogens is 2. The Morgan fingerprint density at radius 2 is 2.25 bits per heavy atom. The minimum absolute atomic E-state index is 0.0260. The number of aromatic amines is 1. The number of H-pyrrole nitrogens is 1. The maximum Gasteiger partial charge on any atom is 0.242 e. The molecular weight excluding hydrogens is 300 g/mol. The molecule has 0 atom stereocenters. The first-order valence-corrected chi connectivity index (χ1v) is 7.55. The first-order chi connectivity index (χ1) is 9.53. The molecule has 0 aliphatic carbocycles. The van der Waals surface area contributed by atoms with Crippen molar-refractivity contribution in [3.05, 3.63) is 47.0 Å². The van der Waals surface area contributed by atoms with Crippen LogP contribution in [0.5, 0.6) is 0 Å². The van der Waals surface area contributed by atoms with Crippen LogP contribution in [0.2, 0.25) is 5.02 Å². The molecule has 2 rings (SSSR count). The van der Waals surface area contributed by atoms with Crippen LogP contribution in [0.4, 0.5) is 0 Å². The lowest BCUT2D eigenvalue weighted by Crippen LogP contribution is -2.26. The smallest absolute Gasteiger partial charge is 0.242 e. The highest BCUT2D eigenvalue weighted by atomic mass is 35.5. The molecule has 1 aromatic heterocycles. The summed E-state index contributed by atoms with van der Waals surface area (Å²) >= 11 is 5.88. The molecular formula is C12H11ClN4O2S. The number of hydrogen-bond donors (Lipinski definition) is 2. The maximum atomic E-state index is 12.1. The number of sulfonamides is 1. The van der Waals surface area contributed by atoms with E-state index >= 15 is 0 Å². The molecule has 0 unspecified atom stereocenters. The van der Waals surface area contributed by atoms with E-state index in [2.05, 4.69) is 14.7 Å². The molecule has 20 heavy (non-hydrogen) atoms. The highest BCUT2D eigenvalue weighted by Gasteiger charge is 2.17. The number of nitrogens with zero attached hydrogens (tertiary/aromatic N) is 2. The lowest BCUT2D eigenvalue weighted by atomic mass is 10.2. The Kier molecular flexibility index (Phi) is 4.39. The van der Waals surface area contributed by atoms with E-state index in [1.165, 1.54) is 24.5 Å². The second-order valence-electron chi connectivity index (χ2n) is 3.98. The van der Waals surface area contributed by atoms with E-state index in [1.807, 2.05) is 6.07 Å². The normalized spacial score (nSPS) is 11.2. The van der Waals surface area contributed by atoms with Crippen molar-refractivity contribution in [2.75, 3.05) is 6.54 Å². The van der Waals surface area contributed by atoms with Gasteiger partial charge in [-0.1, -0.05) is 11.6 Å². The van der Waals surface area contributed by atoms with Gasteiger partial charge in [0, 0.05) is 24.9 Å². The molecule has 6 nitrogen and oxygen atoms in total. The summed E-state index contributed by atoms with van der Waals surface area (Å²) in [5.41, 5.74) is 1.14. The second-order valence-corrected chi connectivity index (χ2v) is 6.12. The predicted octanol–water partition coefficient (Wildman–Crippen LogP) is 1.46. The van der Waals surface area contributed by atoms with E-state index in [1.54, 1.807) is 6.20 Å². The minimum Gasteiger partial charge on any atom is -0.348 e. The third-order valence-corrected chi connectivity index (χ3v) is 4.54. The van der Waals surface area contributed by atoms with E-state index in [0.717, 1.165) is 5.69 Å². The molecule has 0 bridgehead atoms. The molecule has 0 saturated carbocycles. The van der Waals surface area contributed by atoms with Gasteiger partial charge in [0.1, 0.15) is 4.90 Å². The van der Waals surface area contributed by atoms with Crippen LogP contribution in [0.25, 0.3) is 0 Å². The molecule has 2 N–H and O–H groups in total. The summed E-state index contributed by atoms with van der Waals surface area (Å²) in [6.45, 7) is 0.223. The molecule has 0 amide bonds. The molecule has 1 aromatic carbocycles. The van der Waals surface area contributed by atoms with Crippen molar-refractivity contribution in [3.63, 3.8) is 0 Å². The van der Waals surface area contributed by atoms with Gasteiger partial charge in [-0.2, -0.15) is 5.26 Å². The Bertz CT molecular complexity index is 735. The number of nitrogens with one attached hydrogen (secondary N) is 2. The van der Waals surface area contributed by atoms with E-state index in [4.69, 9.17) is 16.9 Å². The summed E-state index contributed by atoms with van der Waals surface area (Å²) < 4.78 is 26.6. The molecule has 0 aliphatic heterocycles. The van der Waals surface area contributed by atoms with Crippen molar-refractivity contribution in [2.24, 2.45) is 0 Å². The molecule has 8 heteroatoms. The maximum absolute atomic E-state index is 12.1. The van der Waals surface area contributed by atoms with Crippen LogP contribution in [0.1, 0.15) is 11.3 Å². The average Bonchev–Trinajstić information content (AvgIpc) is 2.91. The topological polar surface area (TPSA) is 98.6 Å². The Morgan fingerprint density at radius 1 is 1.45 bits per heavy atom. The number of benzene rings is 1. The third-order valence-electron chi connectivity index (χ3n) is 2.59. The quantitative estimate of drug-likeness (QED) is 0.873. The molecule has 0 spiro atoms. The summed E-state index contributed by atoms with van der Waals surface area (Å²) in [5, 5.41) is 8.75. The van der Waals surface area contributed by atoms with Crippen LogP contribution in [-0.4, -0.2) is 24.9 Å². The largest absolute Gasteiger partial charge is 0.348 e. The molecule has 0 aliphatic rings. The highest BCUT2D eigenvalue weighted by Crippen LogP contribution is 2.22. The molecule has 0 radical (unpaired) electrons. The van der Waals surface area contributed by atoms with Crippen LogP contribution in [0.15, 0.2) is 35.6 Å². The molecule has 0 saturated heterocycles.